The number of rotatable bonds is 3. The molecule has 108 valence electrons. The Labute approximate surface area is 125 Å². The van der Waals surface area contributed by atoms with Crippen LogP contribution in [-0.2, 0) is 11.3 Å². The average molecular weight is 308 g/mol. The highest BCUT2D eigenvalue weighted by atomic mass is 35.5. The number of nitrogens with zero attached hydrogens (tertiary/aromatic N) is 1. The third kappa shape index (κ3) is 2.40. The van der Waals surface area contributed by atoms with Crippen molar-refractivity contribution in [2.75, 3.05) is 0 Å². The number of amides is 1. The van der Waals surface area contributed by atoms with Crippen molar-refractivity contribution in [3.8, 4) is 0 Å². The number of hydrogen-bond acceptors (Lipinski definition) is 1. The molecule has 1 saturated heterocycles. The van der Waals surface area contributed by atoms with Crippen molar-refractivity contribution in [3.05, 3.63) is 70.7 Å². The van der Waals surface area contributed by atoms with E-state index in [0.29, 0.717) is 10.6 Å². The lowest BCUT2D eigenvalue weighted by molar-refractivity contribution is -0.207. The van der Waals surface area contributed by atoms with Gasteiger partial charge >= 0.3 is 5.92 Å². The Morgan fingerprint density at radius 2 is 1.81 bits per heavy atom. The second kappa shape index (κ2) is 5.11. The van der Waals surface area contributed by atoms with E-state index in [1.807, 2.05) is 18.2 Å². The van der Waals surface area contributed by atoms with Gasteiger partial charge < -0.3 is 4.90 Å². The molecule has 5 heteroatoms. The molecule has 0 aliphatic carbocycles. The first-order valence-electron chi connectivity index (χ1n) is 6.48. The molecule has 3 rings (SSSR count). The first-order chi connectivity index (χ1) is 10.00. The van der Waals surface area contributed by atoms with Crippen LogP contribution in [0.2, 0.25) is 5.02 Å². The maximum Gasteiger partial charge on any atom is 0.348 e. The van der Waals surface area contributed by atoms with Gasteiger partial charge in [-0.3, -0.25) is 4.79 Å². The van der Waals surface area contributed by atoms with Crippen molar-refractivity contribution in [2.45, 2.75) is 18.5 Å². The number of halogens is 3. The van der Waals surface area contributed by atoms with Crippen LogP contribution in [0.1, 0.15) is 17.2 Å². The number of alkyl halides is 2. The van der Waals surface area contributed by atoms with Gasteiger partial charge in [0.15, 0.2) is 0 Å². The molecule has 0 aromatic heterocycles. The quantitative estimate of drug-likeness (QED) is 0.783. The number of carbonyl (C=O) groups is 1. The van der Waals surface area contributed by atoms with Gasteiger partial charge in [0.2, 0.25) is 0 Å². The molecular formula is C16H12ClF2NO. The second-order valence-electron chi connectivity index (χ2n) is 5.00. The van der Waals surface area contributed by atoms with Crippen LogP contribution >= 0.6 is 11.6 Å². The first-order valence-corrected chi connectivity index (χ1v) is 6.86. The molecule has 0 spiro atoms. The molecule has 2 aromatic rings. The van der Waals surface area contributed by atoms with Gasteiger partial charge in [-0.25, -0.2) is 0 Å². The number of likely N-dealkylation sites (tertiary alicyclic amines) is 1. The van der Waals surface area contributed by atoms with Gasteiger partial charge in [0.1, 0.15) is 6.04 Å². The fourth-order valence-electron chi connectivity index (χ4n) is 2.56. The minimum atomic E-state index is -3.38. The fraction of sp³-hybridized carbons (Fsp3) is 0.188. The summed E-state index contributed by atoms with van der Waals surface area (Å²) in [4.78, 5) is 12.9. The maximum absolute atomic E-state index is 13.9. The van der Waals surface area contributed by atoms with Crippen molar-refractivity contribution in [3.63, 3.8) is 0 Å². The Hall–Kier alpha value is -1.94. The van der Waals surface area contributed by atoms with E-state index in [9.17, 15) is 13.6 Å². The van der Waals surface area contributed by atoms with E-state index in [-0.39, 0.29) is 6.54 Å². The molecule has 1 heterocycles. The Morgan fingerprint density at radius 3 is 2.48 bits per heavy atom. The largest absolute Gasteiger partial charge is 0.348 e. The van der Waals surface area contributed by atoms with Gasteiger partial charge in [0.05, 0.1) is 0 Å². The molecule has 21 heavy (non-hydrogen) atoms. The summed E-state index contributed by atoms with van der Waals surface area (Å²) in [6, 6.07) is 14.1. The van der Waals surface area contributed by atoms with Crippen molar-refractivity contribution >= 4 is 17.5 Å². The SMILES string of the molecule is O=C1N(Cc2ccccc2)C(c2cccc(Cl)c2)C1(F)F. The monoisotopic (exact) mass is 307 g/mol. The first kappa shape index (κ1) is 14.0. The molecule has 1 unspecified atom stereocenters. The minimum absolute atomic E-state index is 0.159. The predicted molar refractivity (Wildman–Crippen MR) is 76.1 cm³/mol. The molecule has 2 aromatic carbocycles. The number of benzene rings is 2. The maximum atomic E-state index is 13.9. The molecule has 1 aliphatic rings. The van der Waals surface area contributed by atoms with E-state index in [4.69, 9.17) is 11.6 Å². The zero-order chi connectivity index (χ0) is 15.0. The van der Waals surface area contributed by atoms with E-state index in [1.165, 1.54) is 11.0 Å². The zero-order valence-corrected chi connectivity index (χ0v) is 11.7. The third-order valence-electron chi connectivity index (χ3n) is 3.56. The summed E-state index contributed by atoms with van der Waals surface area (Å²) in [5.74, 6) is -4.52. The van der Waals surface area contributed by atoms with E-state index in [0.717, 1.165) is 5.56 Å². The molecule has 1 atom stereocenters. The van der Waals surface area contributed by atoms with Crippen LogP contribution in [0.15, 0.2) is 54.6 Å². The number of carbonyl (C=O) groups excluding carboxylic acids is 1. The molecule has 1 aliphatic heterocycles. The van der Waals surface area contributed by atoms with Crippen LogP contribution in [-0.4, -0.2) is 16.7 Å². The number of β-lactam (4-membered cyclic amide) rings is 1. The standard InChI is InChI=1S/C16H12ClF2NO/c17-13-8-4-7-12(9-13)14-16(18,19)15(21)20(14)10-11-5-2-1-3-6-11/h1-9,14H,10H2. The van der Waals surface area contributed by atoms with Crippen LogP contribution in [0, 0.1) is 0 Å². The summed E-state index contributed by atoms with van der Waals surface area (Å²) in [7, 11) is 0. The van der Waals surface area contributed by atoms with Crippen LogP contribution in [0.25, 0.3) is 0 Å². The van der Waals surface area contributed by atoms with E-state index >= 15 is 0 Å². The van der Waals surface area contributed by atoms with Gasteiger partial charge in [-0.05, 0) is 23.3 Å². The zero-order valence-electron chi connectivity index (χ0n) is 11.0. The number of hydrogen-bond donors (Lipinski definition) is 0. The van der Waals surface area contributed by atoms with Crippen molar-refractivity contribution in [2.24, 2.45) is 0 Å². The van der Waals surface area contributed by atoms with Crippen molar-refractivity contribution in [1.29, 1.82) is 0 Å². The summed E-state index contributed by atoms with van der Waals surface area (Å²) in [5.41, 5.74) is 1.16. The third-order valence-corrected chi connectivity index (χ3v) is 3.80. The highest BCUT2D eigenvalue weighted by Crippen LogP contribution is 2.48. The molecule has 2 nitrogen and oxygen atoms in total. The second-order valence-corrected chi connectivity index (χ2v) is 5.44. The lowest BCUT2D eigenvalue weighted by atomic mass is 9.89. The average Bonchev–Trinajstić information content (AvgIpc) is 2.47. The highest BCUT2D eigenvalue weighted by molar-refractivity contribution is 6.30. The van der Waals surface area contributed by atoms with Crippen molar-refractivity contribution in [1.82, 2.24) is 4.90 Å². The van der Waals surface area contributed by atoms with Crippen LogP contribution in [0.5, 0.6) is 0 Å². The summed E-state index contributed by atoms with van der Waals surface area (Å²) in [6.45, 7) is 0.159. The molecule has 0 radical (unpaired) electrons. The molecular weight excluding hydrogens is 296 g/mol. The van der Waals surface area contributed by atoms with E-state index < -0.39 is 17.9 Å². The van der Waals surface area contributed by atoms with Crippen LogP contribution in [0.3, 0.4) is 0 Å². The van der Waals surface area contributed by atoms with E-state index in [2.05, 4.69) is 0 Å². The summed E-state index contributed by atoms with van der Waals surface area (Å²) in [5, 5.41) is 0.377. The van der Waals surface area contributed by atoms with Crippen molar-refractivity contribution < 1.29 is 13.6 Å². The van der Waals surface area contributed by atoms with Gasteiger partial charge in [0, 0.05) is 11.6 Å². The predicted octanol–water partition coefficient (Wildman–Crippen LogP) is 4.06. The fourth-order valence-corrected chi connectivity index (χ4v) is 2.76. The molecule has 0 saturated carbocycles. The smallest absolute Gasteiger partial charge is 0.319 e. The Bertz CT molecular complexity index is 675. The normalized spacial score (nSPS) is 20.2. The lowest BCUT2D eigenvalue weighted by Crippen LogP contribution is -2.63. The molecule has 1 fully saturated rings. The summed E-state index contributed by atoms with van der Waals surface area (Å²) >= 11 is 5.86. The Morgan fingerprint density at radius 1 is 1.10 bits per heavy atom. The van der Waals surface area contributed by atoms with Gasteiger partial charge in [-0.15, -0.1) is 0 Å². The van der Waals surface area contributed by atoms with Gasteiger partial charge in [-0.1, -0.05) is 54.1 Å². The Kier molecular flexibility index (Phi) is 3.41. The highest BCUT2D eigenvalue weighted by Gasteiger charge is 2.63. The molecule has 1 amide bonds. The van der Waals surface area contributed by atoms with E-state index in [1.54, 1.807) is 30.3 Å². The van der Waals surface area contributed by atoms with Gasteiger partial charge in [-0.2, -0.15) is 8.78 Å². The topological polar surface area (TPSA) is 20.3 Å². The Balaban J connectivity index is 1.91. The summed E-state index contributed by atoms with van der Waals surface area (Å²) in [6.07, 6.45) is 0. The minimum Gasteiger partial charge on any atom is -0.319 e. The summed E-state index contributed by atoms with van der Waals surface area (Å²) < 4.78 is 27.9. The molecule has 0 bridgehead atoms. The van der Waals surface area contributed by atoms with Crippen LogP contribution < -0.4 is 0 Å². The molecule has 0 N–H and O–H groups in total. The van der Waals surface area contributed by atoms with Crippen LogP contribution in [0.4, 0.5) is 8.78 Å². The lowest BCUT2D eigenvalue weighted by Gasteiger charge is -2.46. The van der Waals surface area contributed by atoms with Gasteiger partial charge in [0.25, 0.3) is 5.91 Å².